The minimum Gasteiger partial charge on any atom is -0.548 e. The van der Waals surface area contributed by atoms with Gasteiger partial charge in [-0.1, -0.05) is 30.3 Å². The maximum absolute atomic E-state index is 11.5. The van der Waals surface area contributed by atoms with Gasteiger partial charge in [0.15, 0.2) is 6.54 Å². The Hall–Kier alpha value is -1.88. The van der Waals surface area contributed by atoms with Gasteiger partial charge in [-0.3, -0.25) is 4.79 Å². The average Bonchev–Trinajstić information content (AvgIpc) is 2.37. The summed E-state index contributed by atoms with van der Waals surface area (Å²) in [7, 11) is 0. The van der Waals surface area contributed by atoms with E-state index in [-0.39, 0.29) is 12.5 Å². The number of carbonyl (C=O) groups is 2. The topological polar surface area (TPSA) is 73.7 Å². The van der Waals surface area contributed by atoms with Crippen molar-refractivity contribution in [3.63, 3.8) is 0 Å². The summed E-state index contributed by atoms with van der Waals surface area (Å²) in [6.45, 7) is 3.37. The molecule has 0 radical (unpaired) electrons. The third kappa shape index (κ3) is 5.45. The van der Waals surface area contributed by atoms with Gasteiger partial charge in [0.25, 0.3) is 5.91 Å². The summed E-state index contributed by atoms with van der Waals surface area (Å²) in [6, 6.07) is 9.88. The second-order valence-corrected chi connectivity index (χ2v) is 4.09. The molecule has 5 nitrogen and oxygen atoms in total. The summed E-state index contributed by atoms with van der Waals surface area (Å²) in [6.07, 6.45) is 0. The molecule has 0 saturated carbocycles. The Bertz CT molecular complexity index is 392. The first-order chi connectivity index (χ1) is 8.61. The normalized spacial score (nSPS) is 11.8. The Morgan fingerprint density at radius 3 is 2.50 bits per heavy atom. The number of nitrogens with one attached hydrogen (secondary N) is 2. The van der Waals surface area contributed by atoms with E-state index in [1.807, 2.05) is 37.3 Å². The van der Waals surface area contributed by atoms with E-state index in [4.69, 9.17) is 0 Å². The van der Waals surface area contributed by atoms with Crippen LogP contribution in [0.15, 0.2) is 30.3 Å². The number of hydrogen-bond donors (Lipinski definition) is 2. The maximum Gasteiger partial charge on any atom is 0.275 e. The highest BCUT2D eigenvalue weighted by atomic mass is 16.4. The van der Waals surface area contributed by atoms with Crippen molar-refractivity contribution in [1.29, 1.82) is 0 Å². The van der Waals surface area contributed by atoms with Crippen LogP contribution in [-0.4, -0.2) is 31.5 Å². The molecule has 0 aliphatic heterocycles. The molecule has 1 amide bonds. The van der Waals surface area contributed by atoms with Crippen LogP contribution in [-0.2, 0) is 16.1 Å². The minimum atomic E-state index is -1.27. The number of rotatable bonds is 7. The number of carboxylic acid groups (broad SMARTS) is 1. The van der Waals surface area contributed by atoms with E-state index in [1.165, 1.54) is 0 Å². The summed E-state index contributed by atoms with van der Waals surface area (Å²) in [4.78, 5) is 22.8. The van der Waals surface area contributed by atoms with E-state index in [0.717, 1.165) is 23.6 Å². The van der Waals surface area contributed by atoms with Crippen molar-refractivity contribution < 1.29 is 19.6 Å². The van der Waals surface area contributed by atoms with Crippen molar-refractivity contribution in [2.24, 2.45) is 0 Å². The van der Waals surface area contributed by atoms with Crippen LogP contribution in [0.4, 0.5) is 0 Å². The van der Waals surface area contributed by atoms with Crippen molar-refractivity contribution in [1.82, 2.24) is 5.32 Å². The van der Waals surface area contributed by atoms with Crippen molar-refractivity contribution in [2.75, 3.05) is 19.6 Å². The van der Waals surface area contributed by atoms with Crippen LogP contribution in [0, 0.1) is 0 Å². The van der Waals surface area contributed by atoms with Gasteiger partial charge in [0.2, 0.25) is 0 Å². The molecule has 1 rings (SSSR count). The Labute approximate surface area is 106 Å². The monoisotopic (exact) mass is 250 g/mol. The van der Waals surface area contributed by atoms with Crippen molar-refractivity contribution >= 4 is 11.9 Å². The van der Waals surface area contributed by atoms with E-state index < -0.39 is 12.5 Å². The summed E-state index contributed by atoms with van der Waals surface area (Å²) in [5, 5.41) is 12.5. The second kappa shape index (κ2) is 7.45. The molecule has 98 valence electrons. The predicted octanol–water partition coefficient (Wildman–Crippen LogP) is -2.04. The van der Waals surface area contributed by atoms with Crippen molar-refractivity contribution in [3.8, 4) is 0 Å². The lowest BCUT2D eigenvalue weighted by atomic mass is 10.2. The first-order valence-electron chi connectivity index (χ1n) is 5.96. The molecule has 5 heteroatoms. The maximum atomic E-state index is 11.5. The second-order valence-electron chi connectivity index (χ2n) is 4.09. The molecule has 0 aromatic heterocycles. The van der Waals surface area contributed by atoms with Crippen LogP contribution in [0.2, 0.25) is 0 Å². The fourth-order valence-electron chi connectivity index (χ4n) is 1.66. The zero-order chi connectivity index (χ0) is 13.4. The van der Waals surface area contributed by atoms with E-state index in [1.54, 1.807) is 0 Å². The molecular formula is C13H18N2O3. The van der Waals surface area contributed by atoms with Crippen molar-refractivity contribution in [2.45, 2.75) is 13.5 Å². The quantitative estimate of drug-likeness (QED) is 0.585. The Morgan fingerprint density at radius 2 is 1.94 bits per heavy atom. The van der Waals surface area contributed by atoms with Gasteiger partial charge in [-0.25, -0.2) is 0 Å². The van der Waals surface area contributed by atoms with Gasteiger partial charge in [0, 0.05) is 5.56 Å². The summed E-state index contributed by atoms with van der Waals surface area (Å²) < 4.78 is 0. The molecule has 0 saturated heterocycles. The van der Waals surface area contributed by atoms with E-state index in [2.05, 4.69) is 5.32 Å². The SMILES string of the molecule is CC[NH+](CC(=O)NCC(=O)[O-])Cc1ccccc1. The summed E-state index contributed by atoms with van der Waals surface area (Å²) >= 11 is 0. The van der Waals surface area contributed by atoms with Gasteiger partial charge in [-0.2, -0.15) is 0 Å². The molecule has 0 spiro atoms. The van der Waals surface area contributed by atoms with Crippen LogP contribution in [0.3, 0.4) is 0 Å². The number of benzene rings is 1. The molecule has 0 fully saturated rings. The number of carbonyl (C=O) groups excluding carboxylic acids is 2. The molecule has 0 heterocycles. The molecule has 0 aliphatic carbocycles. The molecule has 1 aromatic carbocycles. The van der Waals surface area contributed by atoms with Crippen LogP contribution in [0.1, 0.15) is 12.5 Å². The smallest absolute Gasteiger partial charge is 0.275 e. The predicted molar refractivity (Wildman–Crippen MR) is 64.5 cm³/mol. The first kappa shape index (κ1) is 14.2. The molecule has 0 aliphatic rings. The largest absolute Gasteiger partial charge is 0.548 e. The minimum absolute atomic E-state index is 0.263. The number of quaternary nitrogens is 1. The summed E-state index contributed by atoms with van der Waals surface area (Å²) in [5.74, 6) is -1.54. The lowest BCUT2D eigenvalue weighted by Crippen LogP contribution is -3.11. The lowest BCUT2D eigenvalue weighted by Gasteiger charge is -2.17. The van der Waals surface area contributed by atoms with Gasteiger partial charge >= 0.3 is 0 Å². The molecule has 1 atom stereocenters. The fraction of sp³-hybridized carbons (Fsp3) is 0.385. The van der Waals surface area contributed by atoms with Crippen LogP contribution in [0.25, 0.3) is 0 Å². The highest BCUT2D eigenvalue weighted by molar-refractivity contribution is 5.81. The first-order valence-corrected chi connectivity index (χ1v) is 5.96. The number of carboxylic acids is 1. The zero-order valence-corrected chi connectivity index (χ0v) is 10.4. The van der Waals surface area contributed by atoms with Crippen LogP contribution < -0.4 is 15.3 Å². The third-order valence-electron chi connectivity index (χ3n) is 2.64. The van der Waals surface area contributed by atoms with Gasteiger partial charge in [0.05, 0.1) is 19.1 Å². The van der Waals surface area contributed by atoms with E-state index in [9.17, 15) is 14.7 Å². The number of likely N-dealkylation sites (N-methyl/N-ethyl adjacent to an activating group) is 1. The van der Waals surface area contributed by atoms with E-state index in [0.29, 0.717) is 0 Å². The lowest BCUT2D eigenvalue weighted by molar-refractivity contribution is -0.904. The molecule has 0 bridgehead atoms. The third-order valence-corrected chi connectivity index (χ3v) is 2.64. The van der Waals surface area contributed by atoms with Gasteiger partial charge in [-0.15, -0.1) is 0 Å². The Kier molecular flexibility index (Phi) is 5.87. The fourth-order valence-corrected chi connectivity index (χ4v) is 1.66. The highest BCUT2D eigenvalue weighted by Gasteiger charge is 2.12. The van der Waals surface area contributed by atoms with Crippen LogP contribution in [0.5, 0.6) is 0 Å². The number of aliphatic carboxylic acids is 1. The van der Waals surface area contributed by atoms with Gasteiger partial charge in [0.1, 0.15) is 6.54 Å². The Balaban J connectivity index is 2.42. The highest BCUT2D eigenvalue weighted by Crippen LogP contribution is 1.94. The van der Waals surface area contributed by atoms with Gasteiger partial charge < -0.3 is 20.1 Å². The number of amides is 1. The Morgan fingerprint density at radius 1 is 1.28 bits per heavy atom. The molecule has 2 N–H and O–H groups in total. The molecule has 1 aromatic rings. The van der Waals surface area contributed by atoms with Gasteiger partial charge in [-0.05, 0) is 6.92 Å². The molecule has 18 heavy (non-hydrogen) atoms. The average molecular weight is 250 g/mol. The van der Waals surface area contributed by atoms with Crippen molar-refractivity contribution in [3.05, 3.63) is 35.9 Å². The van der Waals surface area contributed by atoms with Crippen LogP contribution >= 0.6 is 0 Å². The summed E-state index contributed by atoms with van der Waals surface area (Å²) in [5.41, 5.74) is 1.15. The van der Waals surface area contributed by atoms with E-state index >= 15 is 0 Å². The number of hydrogen-bond acceptors (Lipinski definition) is 3. The molecular weight excluding hydrogens is 232 g/mol. The zero-order valence-electron chi connectivity index (χ0n) is 10.4. The molecule has 1 unspecified atom stereocenters. The standard InChI is InChI=1S/C13H18N2O3/c1-2-15(9-11-6-4-3-5-7-11)10-12(16)14-8-13(17)18/h3-7H,2,8-10H2,1H3,(H,14,16)(H,17,18).